The minimum absolute atomic E-state index is 0.118. The number of amides is 1. The summed E-state index contributed by atoms with van der Waals surface area (Å²) < 4.78 is 31.9. The van der Waals surface area contributed by atoms with E-state index in [2.05, 4.69) is 39.7 Å². The number of carbonyl (C=O) groups is 1. The highest BCUT2D eigenvalue weighted by Gasteiger charge is 2.32. The molecule has 23 heavy (non-hydrogen) atoms. The van der Waals surface area contributed by atoms with Crippen molar-refractivity contribution in [2.45, 2.75) is 6.42 Å². The smallest absolute Gasteiger partial charge is 0.245 e. The normalized spacial score (nSPS) is 20.0. The fourth-order valence-corrected chi connectivity index (χ4v) is 2.10. The number of hydrogen-bond donors (Lipinski definition) is 1. The molecule has 1 heterocycles. The zero-order chi connectivity index (χ0) is 17.9. The average molecular weight is 349 g/mol. The van der Waals surface area contributed by atoms with E-state index in [1.165, 1.54) is 6.08 Å². The topological polar surface area (TPSA) is 117 Å². The molecule has 0 aromatic heterocycles. The Balaban J connectivity index is 0.000000585. The summed E-state index contributed by atoms with van der Waals surface area (Å²) in [7, 11) is -1.57. The van der Waals surface area contributed by atoms with Gasteiger partial charge in [0.25, 0.3) is 0 Å². The second-order valence-electron chi connectivity index (χ2n) is 4.77. The highest BCUT2D eigenvalue weighted by molar-refractivity contribution is 7.80. The van der Waals surface area contributed by atoms with Gasteiger partial charge in [-0.2, -0.15) is 0 Å². The molecule has 10 heteroatoms. The Morgan fingerprint density at radius 1 is 1.52 bits per heavy atom. The molecule has 0 saturated heterocycles. The van der Waals surface area contributed by atoms with Crippen molar-refractivity contribution >= 4 is 22.1 Å². The Labute approximate surface area is 136 Å². The van der Waals surface area contributed by atoms with Gasteiger partial charge in [-0.3, -0.25) is 9.28 Å². The Bertz CT molecular complexity index is 546. The summed E-state index contributed by atoms with van der Waals surface area (Å²) in [6.45, 7) is 10.6. The molecule has 0 spiro atoms. The van der Waals surface area contributed by atoms with Crippen LogP contribution in [0.5, 0.6) is 0 Å². The third-order valence-corrected chi connectivity index (χ3v) is 3.38. The van der Waals surface area contributed by atoms with Gasteiger partial charge < -0.3 is 9.87 Å². The summed E-state index contributed by atoms with van der Waals surface area (Å²) in [5.74, 6) is 1.04. The van der Waals surface area contributed by atoms with Crippen LogP contribution in [0, 0.1) is 0 Å². The number of nitrogens with one attached hydrogen (secondary N) is 1. The summed E-state index contributed by atoms with van der Waals surface area (Å²) in [6.07, 6.45) is 4.00. The molecule has 9 nitrogen and oxygen atoms in total. The number of rotatable bonds is 8. The molecular weight excluding hydrogens is 326 g/mol. The molecule has 1 rings (SSSR count). The first-order valence-corrected chi connectivity index (χ1v) is 8.09. The van der Waals surface area contributed by atoms with Crippen molar-refractivity contribution in [3.63, 3.8) is 0 Å². The molecule has 1 aliphatic heterocycles. The van der Waals surface area contributed by atoms with Crippen molar-refractivity contribution in [3.05, 3.63) is 25.3 Å². The van der Waals surface area contributed by atoms with Crippen molar-refractivity contribution in [2.24, 2.45) is 4.99 Å². The first kappa shape index (κ1) is 21.4. The number of likely N-dealkylation sites (N-methyl/N-ethyl adjacent to an activating group) is 1. The number of quaternary nitrogens is 1. The van der Waals surface area contributed by atoms with E-state index in [0.29, 0.717) is 6.54 Å². The van der Waals surface area contributed by atoms with Crippen LogP contribution in [-0.4, -0.2) is 69.5 Å². The number of hydrogen-bond acceptors (Lipinski definition) is 7. The van der Waals surface area contributed by atoms with Crippen LogP contribution >= 0.6 is 0 Å². The Morgan fingerprint density at radius 3 is 2.61 bits per heavy atom. The minimum Gasteiger partial charge on any atom is -0.724 e. The molecule has 0 aromatic carbocycles. The molecule has 0 aromatic rings. The lowest BCUT2D eigenvalue weighted by Crippen LogP contribution is -2.50. The van der Waals surface area contributed by atoms with Gasteiger partial charge in [-0.25, -0.2) is 18.3 Å². The van der Waals surface area contributed by atoms with Crippen molar-refractivity contribution in [1.29, 1.82) is 0 Å². The van der Waals surface area contributed by atoms with Gasteiger partial charge in [0, 0.05) is 0 Å². The maximum absolute atomic E-state index is 11.0. The maximum Gasteiger partial charge on any atom is 0.245 e. The highest BCUT2D eigenvalue weighted by atomic mass is 32.3. The molecule has 1 atom stereocenters. The molecule has 0 saturated carbocycles. The van der Waals surface area contributed by atoms with Gasteiger partial charge in [0.1, 0.15) is 13.1 Å². The predicted octanol–water partition coefficient (Wildman–Crippen LogP) is -0.252. The van der Waals surface area contributed by atoms with Gasteiger partial charge in [-0.05, 0) is 6.08 Å². The monoisotopic (exact) mass is 349 g/mol. The Morgan fingerprint density at radius 2 is 2.17 bits per heavy atom. The van der Waals surface area contributed by atoms with E-state index in [-0.39, 0.29) is 5.91 Å². The van der Waals surface area contributed by atoms with Crippen molar-refractivity contribution in [3.8, 4) is 0 Å². The first-order valence-electron chi connectivity index (χ1n) is 6.76. The second-order valence-corrected chi connectivity index (χ2v) is 5.72. The Kier molecular flexibility index (Phi) is 9.53. The second kappa shape index (κ2) is 10.2. The quantitative estimate of drug-likeness (QED) is 0.123. The zero-order valence-corrected chi connectivity index (χ0v) is 14.2. The van der Waals surface area contributed by atoms with Crippen LogP contribution in [-0.2, 0) is 24.4 Å². The third-order valence-electron chi connectivity index (χ3n) is 3.08. The van der Waals surface area contributed by atoms with Crippen molar-refractivity contribution in [2.75, 3.05) is 40.3 Å². The van der Waals surface area contributed by atoms with E-state index >= 15 is 0 Å². The summed E-state index contributed by atoms with van der Waals surface area (Å²) in [5.41, 5.74) is 0. The zero-order valence-electron chi connectivity index (χ0n) is 13.4. The fourth-order valence-electron chi connectivity index (χ4n) is 1.94. The third kappa shape index (κ3) is 9.21. The van der Waals surface area contributed by atoms with Crippen LogP contribution in [0.2, 0.25) is 0 Å². The largest absolute Gasteiger partial charge is 0.724 e. The predicted molar refractivity (Wildman–Crippen MR) is 84.0 cm³/mol. The van der Waals surface area contributed by atoms with Gasteiger partial charge in [-0.15, -0.1) is 10.9 Å². The van der Waals surface area contributed by atoms with Gasteiger partial charge in [0.05, 0.1) is 33.7 Å². The lowest BCUT2D eigenvalue weighted by Gasteiger charge is -2.29. The van der Waals surface area contributed by atoms with Gasteiger partial charge >= 0.3 is 0 Å². The molecule has 1 unspecified atom stereocenters. The van der Waals surface area contributed by atoms with E-state index < -0.39 is 10.4 Å². The SMILES string of the molecule is C=CCC1=NCC[N+]1(C)CCNC(=O)C=C.COOS(=O)(=O)[O-]. The molecule has 0 bridgehead atoms. The molecule has 1 amide bonds. The van der Waals surface area contributed by atoms with Crippen LogP contribution in [0.25, 0.3) is 0 Å². The molecule has 1 N–H and O–H groups in total. The van der Waals surface area contributed by atoms with Crippen LogP contribution in [0.15, 0.2) is 30.3 Å². The van der Waals surface area contributed by atoms with Gasteiger partial charge in [0.15, 0.2) is 0 Å². The maximum atomic E-state index is 11.0. The van der Waals surface area contributed by atoms with Crippen molar-refractivity contribution in [1.82, 2.24) is 5.32 Å². The lowest BCUT2D eigenvalue weighted by molar-refractivity contribution is -0.813. The average Bonchev–Trinajstić information content (AvgIpc) is 2.80. The van der Waals surface area contributed by atoms with Crippen LogP contribution < -0.4 is 5.32 Å². The number of aliphatic imine (C=N–C) groups is 1. The molecular formula is C13H23N3O6S. The summed E-state index contributed by atoms with van der Waals surface area (Å²) in [4.78, 5) is 19.0. The van der Waals surface area contributed by atoms with Gasteiger partial charge in [-0.1, -0.05) is 12.7 Å². The van der Waals surface area contributed by atoms with E-state index in [0.717, 1.165) is 43.5 Å². The standard InChI is InChI=1S/C12H19N3O.CH4O5S/c1-4-6-11-13-7-9-15(11,3)10-8-14-12(16)5-2;1-5-6-7(2,3)4/h4-5H,1-2,6-10H2,3H3;1H3,(H,2,3,4). The van der Waals surface area contributed by atoms with Crippen LogP contribution in [0.1, 0.15) is 6.42 Å². The van der Waals surface area contributed by atoms with E-state index in [1.54, 1.807) is 0 Å². The first-order chi connectivity index (χ1) is 10.7. The molecule has 0 fully saturated rings. The number of amidine groups is 1. The number of nitrogens with zero attached hydrogens (tertiary/aromatic N) is 2. The van der Waals surface area contributed by atoms with Crippen LogP contribution in [0.3, 0.4) is 0 Å². The summed E-state index contributed by atoms with van der Waals surface area (Å²) in [5, 5.41) is 2.79. The van der Waals surface area contributed by atoms with Gasteiger partial charge in [0.2, 0.25) is 22.1 Å². The van der Waals surface area contributed by atoms with Crippen LogP contribution in [0.4, 0.5) is 0 Å². The molecule has 1 aliphatic rings. The Hall–Kier alpha value is -1.59. The summed E-state index contributed by atoms with van der Waals surface area (Å²) in [6, 6.07) is 0. The van der Waals surface area contributed by atoms with Crippen molar-refractivity contribution < 1.29 is 31.5 Å². The lowest BCUT2D eigenvalue weighted by atomic mass is 10.3. The minimum atomic E-state index is -4.65. The van der Waals surface area contributed by atoms with E-state index in [1.807, 2.05) is 6.08 Å². The highest BCUT2D eigenvalue weighted by Crippen LogP contribution is 2.14. The van der Waals surface area contributed by atoms with E-state index in [9.17, 15) is 17.8 Å². The number of carbonyl (C=O) groups excluding carboxylic acids is 1. The molecule has 132 valence electrons. The fraction of sp³-hybridized carbons (Fsp3) is 0.538. The molecule has 0 aliphatic carbocycles. The summed E-state index contributed by atoms with van der Waals surface area (Å²) >= 11 is 0. The van der Waals surface area contributed by atoms with E-state index in [4.69, 9.17) is 0 Å². The molecule has 0 radical (unpaired) electrons.